The Morgan fingerprint density at radius 3 is 2.10 bits per heavy atom. The average molecular weight is 403 g/mol. The van der Waals surface area contributed by atoms with E-state index >= 15 is 0 Å². The van der Waals surface area contributed by atoms with Crippen molar-refractivity contribution in [2.45, 2.75) is 32.7 Å². The summed E-state index contributed by atoms with van der Waals surface area (Å²) in [5, 5.41) is 4.19. The third-order valence-electron chi connectivity index (χ3n) is 5.33. The third-order valence-corrected chi connectivity index (χ3v) is 5.33. The highest BCUT2D eigenvalue weighted by molar-refractivity contribution is 5.60. The highest BCUT2D eigenvalue weighted by Gasteiger charge is 2.29. The van der Waals surface area contributed by atoms with E-state index in [-0.39, 0.29) is 6.54 Å². The van der Waals surface area contributed by atoms with Crippen LogP contribution in [-0.4, -0.2) is 27.8 Å². The number of hydrogen-bond acceptors (Lipinski definition) is 2. The molecule has 0 bridgehead atoms. The summed E-state index contributed by atoms with van der Waals surface area (Å²) in [5.74, 6) is -5.58. The van der Waals surface area contributed by atoms with Gasteiger partial charge in [0.05, 0.1) is 5.69 Å². The van der Waals surface area contributed by atoms with Crippen LogP contribution in [0.4, 0.5) is 17.6 Å². The van der Waals surface area contributed by atoms with Crippen molar-refractivity contribution in [2.24, 2.45) is 0 Å². The molecular weight excluding hydrogens is 382 g/mol. The van der Waals surface area contributed by atoms with Gasteiger partial charge in [0.25, 0.3) is 0 Å². The molecule has 1 aliphatic heterocycles. The molecule has 2 aromatic carbocycles. The molecule has 1 aliphatic rings. The summed E-state index contributed by atoms with van der Waals surface area (Å²) >= 11 is 0. The predicted molar refractivity (Wildman–Crippen MR) is 103 cm³/mol. The molecule has 2 heterocycles. The van der Waals surface area contributed by atoms with Crippen molar-refractivity contribution in [3.63, 3.8) is 0 Å². The Labute approximate surface area is 166 Å². The summed E-state index contributed by atoms with van der Waals surface area (Å²) in [7, 11) is 0. The van der Waals surface area contributed by atoms with Crippen molar-refractivity contribution in [1.29, 1.82) is 0 Å². The van der Waals surface area contributed by atoms with Crippen molar-refractivity contribution in [2.75, 3.05) is 13.1 Å². The zero-order valence-electron chi connectivity index (χ0n) is 16.1. The molecule has 0 N–H and O–H groups in total. The molecule has 0 aliphatic carbocycles. The number of piperidine rings is 1. The van der Waals surface area contributed by atoms with Gasteiger partial charge in [-0.2, -0.15) is 5.10 Å². The molecule has 1 fully saturated rings. The summed E-state index contributed by atoms with van der Waals surface area (Å²) in [5.41, 5.74) is 0.156. The molecule has 0 unspecified atom stereocenters. The standard InChI is InChI=1S/C22H21F4N3/c1-14-12-17(15-8-4-2-5-9-15)27-29(14)22-20(25)18(23)16(19(24)21(22)26)13-28-10-6-3-7-11-28/h2,4-5,8-9,12H,3,6-7,10-11,13H2,1H3. The number of aryl methyl sites for hydroxylation is 1. The lowest BCUT2D eigenvalue weighted by Crippen LogP contribution is -2.30. The fraction of sp³-hybridized carbons (Fsp3) is 0.318. The molecule has 0 amide bonds. The molecule has 4 rings (SSSR count). The van der Waals surface area contributed by atoms with E-state index in [1.807, 2.05) is 11.0 Å². The van der Waals surface area contributed by atoms with Crippen molar-refractivity contribution in [1.82, 2.24) is 14.7 Å². The van der Waals surface area contributed by atoms with Crippen molar-refractivity contribution < 1.29 is 17.6 Å². The van der Waals surface area contributed by atoms with E-state index in [0.29, 0.717) is 24.5 Å². The van der Waals surface area contributed by atoms with Crippen LogP contribution in [0.2, 0.25) is 0 Å². The number of benzene rings is 2. The summed E-state index contributed by atoms with van der Waals surface area (Å²) in [6, 6.07) is 10.6. The Kier molecular flexibility index (Phi) is 5.41. The third kappa shape index (κ3) is 3.67. The maximum absolute atomic E-state index is 14.9. The van der Waals surface area contributed by atoms with Crippen LogP contribution in [-0.2, 0) is 6.54 Å². The van der Waals surface area contributed by atoms with E-state index in [9.17, 15) is 17.6 Å². The Morgan fingerprint density at radius 2 is 1.48 bits per heavy atom. The van der Waals surface area contributed by atoms with Crippen LogP contribution in [0, 0.1) is 30.2 Å². The minimum absolute atomic E-state index is 0.154. The van der Waals surface area contributed by atoms with E-state index in [1.165, 1.54) is 0 Å². The lowest BCUT2D eigenvalue weighted by molar-refractivity contribution is 0.213. The SMILES string of the molecule is Cc1cc(-c2ccccc2)nn1-c1c(F)c(F)c(CN2CCCCC2)c(F)c1F. The van der Waals surface area contributed by atoms with Crippen LogP contribution in [0.3, 0.4) is 0 Å². The molecule has 0 spiro atoms. The molecule has 152 valence electrons. The number of halogens is 4. The first-order chi connectivity index (χ1) is 14.0. The van der Waals surface area contributed by atoms with Crippen LogP contribution < -0.4 is 0 Å². The zero-order chi connectivity index (χ0) is 20.5. The highest BCUT2D eigenvalue weighted by Crippen LogP contribution is 2.30. The van der Waals surface area contributed by atoms with Crippen LogP contribution in [0.15, 0.2) is 36.4 Å². The van der Waals surface area contributed by atoms with Gasteiger partial charge in [-0.1, -0.05) is 36.8 Å². The van der Waals surface area contributed by atoms with Crippen molar-refractivity contribution >= 4 is 0 Å². The molecule has 3 nitrogen and oxygen atoms in total. The van der Waals surface area contributed by atoms with Gasteiger partial charge in [-0.3, -0.25) is 4.90 Å². The first kappa shape index (κ1) is 19.6. The topological polar surface area (TPSA) is 21.1 Å². The molecule has 3 aromatic rings. The largest absolute Gasteiger partial charge is 0.299 e. The van der Waals surface area contributed by atoms with E-state index in [2.05, 4.69) is 5.10 Å². The minimum atomic E-state index is -1.43. The monoisotopic (exact) mass is 403 g/mol. The minimum Gasteiger partial charge on any atom is -0.299 e. The number of nitrogens with zero attached hydrogens (tertiary/aromatic N) is 3. The summed E-state index contributed by atoms with van der Waals surface area (Å²) in [6.45, 7) is 2.74. The molecule has 0 saturated carbocycles. The van der Waals surface area contributed by atoms with Gasteiger partial charge in [-0.15, -0.1) is 0 Å². The van der Waals surface area contributed by atoms with Gasteiger partial charge in [-0.05, 0) is 38.9 Å². The quantitative estimate of drug-likeness (QED) is 0.430. The Morgan fingerprint density at radius 1 is 0.862 bits per heavy atom. The summed E-state index contributed by atoms with van der Waals surface area (Å²) in [4.78, 5) is 1.82. The normalized spacial score (nSPS) is 15.1. The average Bonchev–Trinajstić information content (AvgIpc) is 3.13. The van der Waals surface area contributed by atoms with E-state index in [0.717, 1.165) is 29.5 Å². The lowest BCUT2D eigenvalue weighted by atomic mass is 10.1. The van der Waals surface area contributed by atoms with Crippen LogP contribution in [0.5, 0.6) is 0 Å². The second kappa shape index (κ2) is 7.99. The van der Waals surface area contributed by atoms with Gasteiger partial charge in [0.15, 0.2) is 23.3 Å². The van der Waals surface area contributed by atoms with Gasteiger partial charge in [0.1, 0.15) is 5.69 Å². The lowest BCUT2D eigenvalue weighted by Gasteiger charge is -2.27. The van der Waals surface area contributed by atoms with E-state index < -0.39 is 34.5 Å². The second-order valence-electron chi connectivity index (χ2n) is 7.37. The van der Waals surface area contributed by atoms with Gasteiger partial charge in [0, 0.05) is 23.4 Å². The first-order valence-corrected chi connectivity index (χ1v) is 9.67. The van der Waals surface area contributed by atoms with Crippen LogP contribution >= 0.6 is 0 Å². The maximum Gasteiger partial charge on any atom is 0.188 e. The Hall–Kier alpha value is -2.67. The van der Waals surface area contributed by atoms with Gasteiger partial charge in [0.2, 0.25) is 0 Å². The number of likely N-dealkylation sites (tertiary alicyclic amines) is 1. The zero-order valence-corrected chi connectivity index (χ0v) is 16.1. The maximum atomic E-state index is 14.9. The van der Waals surface area contributed by atoms with Gasteiger partial charge in [-0.25, -0.2) is 22.2 Å². The molecule has 0 atom stereocenters. The predicted octanol–water partition coefficient (Wildman–Crippen LogP) is 5.39. The van der Waals surface area contributed by atoms with Crippen LogP contribution in [0.1, 0.15) is 30.5 Å². The highest BCUT2D eigenvalue weighted by atomic mass is 19.2. The van der Waals surface area contributed by atoms with E-state index in [4.69, 9.17) is 0 Å². The number of hydrogen-bond donors (Lipinski definition) is 0. The molecule has 7 heteroatoms. The fourth-order valence-electron chi connectivity index (χ4n) is 3.78. The van der Waals surface area contributed by atoms with Crippen molar-refractivity contribution in [3.8, 4) is 16.9 Å². The molecule has 0 radical (unpaired) electrons. The molecule has 29 heavy (non-hydrogen) atoms. The fourth-order valence-corrected chi connectivity index (χ4v) is 3.78. The van der Waals surface area contributed by atoms with E-state index in [1.54, 1.807) is 37.3 Å². The molecular formula is C22H21F4N3. The van der Waals surface area contributed by atoms with Gasteiger partial charge >= 0.3 is 0 Å². The number of aromatic nitrogens is 2. The second-order valence-corrected chi connectivity index (χ2v) is 7.37. The summed E-state index contributed by atoms with van der Waals surface area (Å²) in [6.07, 6.45) is 2.85. The Balaban J connectivity index is 1.76. The molecule has 1 saturated heterocycles. The molecule has 1 aromatic heterocycles. The van der Waals surface area contributed by atoms with Crippen molar-refractivity contribution in [3.05, 3.63) is 70.9 Å². The number of rotatable bonds is 4. The van der Waals surface area contributed by atoms with Crippen LogP contribution in [0.25, 0.3) is 16.9 Å². The van der Waals surface area contributed by atoms with Gasteiger partial charge < -0.3 is 0 Å². The summed E-state index contributed by atoms with van der Waals surface area (Å²) < 4.78 is 60.2. The first-order valence-electron chi connectivity index (χ1n) is 9.67. The smallest absolute Gasteiger partial charge is 0.188 e. The Bertz CT molecular complexity index is 995.